The Balaban J connectivity index is 2.30. The highest BCUT2D eigenvalue weighted by molar-refractivity contribution is 5.00. The normalized spacial score (nSPS) is 20.0. The van der Waals surface area contributed by atoms with E-state index in [1.54, 1.807) is 0 Å². The van der Waals surface area contributed by atoms with Crippen molar-refractivity contribution in [3.8, 4) is 0 Å². The van der Waals surface area contributed by atoms with Crippen LogP contribution in [0.4, 0.5) is 0 Å². The summed E-state index contributed by atoms with van der Waals surface area (Å²) in [4.78, 5) is 5.06. The molecule has 0 spiro atoms. The van der Waals surface area contributed by atoms with E-state index in [1.807, 2.05) is 7.05 Å². The van der Waals surface area contributed by atoms with Crippen LogP contribution >= 0.6 is 0 Å². The Labute approximate surface area is 100 Å². The van der Waals surface area contributed by atoms with E-state index in [-0.39, 0.29) is 0 Å². The van der Waals surface area contributed by atoms with Crippen LogP contribution in [0.2, 0.25) is 0 Å². The maximum absolute atomic E-state index is 4.09. The highest BCUT2D eigenvalue weighted by Crippen LogP contribution is 2.15. The van der Waals surface area contributed by atoms with Gasteiger partial charge in [-0.15, -0.1) is 0 Å². The molecular weight excluding hydrogens is 198 g/mol. The first kappa shape index (κ1) is 13.7. The molecule has 0 saturated carbocycles. The Hall–Kier alpha value is -0.380. The Morgan fingerprint density at radius 1 is 1.19 bits per heavy atom. The van der Waals surface area contributed by atoms with Crippen molar-refractivity contribution in [2.45, 2.75) is 26.3 Å². The number of piperazine rings is 1. The molecule has 0 amide bonds. The van der Waals surface area contributed by atoms with Gasteiger partial charge in [-0.2, -0.15) is 0 Å². The summed E-state index contributed by atoms with van der Waals surface area (Å²) in [6.45, 7) is 17.6. The molecule has 1 N–H and O–H groups in total. The Kier molecular flexibility index (Phi) is 4.96. The second kappa shape index (κ2) is 5.80. The lowest BCUT2D eigenvalue weighted by molar-refractivity contribution is 0.0663. The molecule has 0 aliphatic carbocycles. The van der Waals surface area contributed by atoms with Crippen LogP contribution in [0.1, 0.15) is 20.8 Å². The number of nitrogens with one attached hydrogen (secondary N) is 1. The zero-order chi connectivity index (χ0) is 12.2. The van der Waals surface area contributed by atoms with Crippen molar-refractivity contribution in [2.24, 2.45) is 0 Å². The zero-order valence-corrected chi connectivity index (χ0v) is 11.3. The van der Waals surface area contributed by atoms with Crippen molar-refractivity contribution in [2.75, 3.05) is 46.3 Å². The van der Waals surface area contributed by atoms with Gasteiger partial charge in [0, 0.05) is 44.8 Å². The molecule has 94 valence electrons. The van der Waals surface area contributed by atoms with Gasteiger partial charge in [0.2, 0.25) is 0 Å². The number of hydrogen-bond donors (Lipinski definition) is 1. The van der Waals surface area contributed by atoms with Gasteiger partial charge in [0.05, 0.1) is 0 Å². The lowest BCUT2D eigenvalue weighted by Crippen LogP contribution is -2.53. The molecule has 3 heteroatoms. The molecule has 0 aromatic heterocycles. The summed E-state index contributed by atoms with van der Waals surface area (Å²) in [5.74, 6) is 0. The summed E-state index contributed by atoms with van der Waals surface area (Å²) < 4.78 is 0. The van der Waals surface area contributed by atoms with Gasteiger partial charge in [0.1, 0.15) is 0 Å². The van der Waals surface area contributed by atoms with Crippen LogP contribution in [0, 0.1) is 0 Å². The third kappa shape index (κ3) is 4.24. The molecule has 0 radical (unpaired) electrons. The molecule has 0 unspecified atom stereocenters. The second-order valence-corrected chi connectivity index (χ2v) is 5.71. The van der Waals surface area contributed by atoms with Gasteiger partial charge < -0.3 is 5.32 Å². The molecule has 1 heterocycles. The van der Waals surface area contributed by atoms with E-state index >= 15 is 0 Å². The van der Waals surface area contributed by atoms with Gasteiger partial charge in [-0.05, 0) is 33.4 Å². The summed E-state index contributed by atoms with van der Waals surface area (Å²) in [5, 5.41) is 3.15. The van der Waals surface area contributed by atoms with Crippen LogP contribution < -0.4 is 5.32 Å². The van der Waals surface area contributed by atoms with Crippen molar-refractivity contribution in [1.82, 2.24) is 15.1 Å². The highest BCUT2D eigenvalue weighted by atomic mass is 15.3. The van der Waals surface area contributed by atoms with Gasteiger partial charge >= 0.3 is 0 Å². The minimum Gasteiger partial charge on any atom is -0.316 e. The number of hydrogen-bond acceptors (Lipinski definition) is 3. The fourth-order valence-corrected chi connectivity index (χ4v) is 2.20. The van der Waals surface area contributed by atoms with Crippen LogP contribution in [-0.2, 0) is 0 Å². The standard InChI is InChI=1S/C13H27N3/c1-12(10-14-5)11-15-6-8-16(9-7-15)13(2,3)4/h14H,1,6-11H2,2-5H3. The largest absolute Gasteiger partial charge is 0.316 e. The molecule has 1 fully saturated rings. The lowest BCUT2D eigenvalue weighted by atomic mass is 10.0. The fraction of sp³-hybridized carbons (Fsp3) is 0.846. The van der Waals surface area contributed by atoms with E-state index in [0.29, 0.717) is 5.54 Å². The van der Waals surface area contributed by atoms with E-state index in [2.05, 4.69) is 42.5 Å². The van der Waals surface area contributed by atoms with Gasteiger partial charge in [-0.3, -0.25) is 9.80 Å². The number of rotatable bonds is 4. The molecule has 1 aliphatic heterocycles. The monoisotopic (exact) mass is 225 g/mol. The van der Waals surface area contributed by atoms with Crippen molar-refractivity contribution in [1.29, 1.82) is 0 Å². The minimum atomic E-state index is 0.314. The minimum absolute atomic E-state index is 0.314. The summed E-state index contributed by atoms with van der Waals surface area (Å²) in [5.41, 5.74) is 1.60. The molecule has 0 atom stereocenters. The van der Waals surface area contributed by atoms with Crippen LogP contribution in [0.25, 0.3) is 0 Å². The lowest BCUT2D eigenvalue weighted by Gasteiger charge is -2.42. The molecule has 3 nitrogen and oxygen atoms in total. The molecule has 0 aromatic rings. The Morgan fingerprint density at radius 3 is 2.19 bits per heavy atom. The maximum atomic E-state index is 4.09. The van der Waals surface area contributed by atoms with Crippen LogP contribution in [-0.4, -0.2) is 61.7 Å². The van der Waals surface area contributed by atoms with Crippen molar-refractivity contribution in [3.05, 3.63) is 12.2 Å². The first-order valence-corrected chi connectivity index (χ1v) is 6.22. The van der Waals surface area contributed by atoms with Crippen LogP contribution in [0.3, 0.4) is 0 Å². The predicted octanol–water partition coefficient (Wildman–Crippen LogP) is 1.18. The first-order valence-electron chi connectivity index (χ1n) is 6.22. The molecule has 1 aliphatic rings. The van der Waals surface area contributed by atoms with E-state index < -0.39 is 0 Å². The van der Waals surface area contributed by atoms with Crippen molar-refractivity contribution >= 4 is 0 Å². The van der Waals surface area contributed by atoms with E-state index in [1.165, 1.54) is 31.8 Å². The topological polar surface area (TPSA) is 18.5 Å². The summed E-state index contributed by atoms with van der Waals surface area (Å²) in [6.07, 6.45) is 0. The third-order valence-electron chi connectivity index (χ3n) is 3.19. The Morgan fingerprint density at radius 2 is 1.75 bits per heavy atom. The Bertz CT molecular complexity index is 222. The number of likely N-dealkylation sites (N-methyl/N-ethyl adjacent to an activating group) is 1. The summed E-state index contributed by atoms with van der Waals surface area (Å²) in [6, 6.07) is 0. The van der Waals surface area contributed by atoms with Crippen LogP contribution in [0.5, 0.6) is 0 Å². The molecule has 0 aromatic carbocycles. The maximum Gasteiger partial charge on any atom is 0.0203 e. The smallest absolute Gasteiger partial charge is 0.0203 e. The van der Waals surface area contributed by atoms with E-state index in [0.717, 1.165) is 13.1 Å². The van der Waals surface area contributed by atoms with Gasteiger partial charge in [-0.1, -0.05) is 6.58 Å². The quantitative estimate of drug-likeness (QED) is 0.725. The predicted molar refractivity (Wildman–Crippen MR) is 70.8 cm³/mol. The summed E-state index contributed by atoms with van der Waals surface area (Å²) in [7, 11) is 1.97. The third-order valence-corrected chi connectivity index (χ3v) is 3.19. The van der Waals surface area contributed by atoms with Crippen LogP contribution in [0.15, 0.2) is 12.2 Å². The molecule has 0 bridgehead atoms. The SMILES string of the molecule is C=C(CNC)CN1CCN(C(C)(C)C)CC1. The van der Waals surface area contributed by atoms with Gasteiger partial charge in [-0.25, -0.2) is 0 Å². The first-order chi connectivity index (χ1) is 7.43. The van der Waals surface area contributed by atoms with E-state index in [4.69, 9.17) is 0 Å². The van der Waals surface area contributed by atoms with Gasteiger partial charge in [0.15, 0.2) is 0 Å². The van der Waals surface area contributed by atoms with E-state index in [9.17, 15) is 0 Å². The fourth-order valence-electron chi connectivity index (χ4n) is 2.20. The van der Waals surface area contributed by atoms with Gasteiger partial charge in [0.25, 0.3) is 0 Å². The summed E-state index contributed by atoms with van der Waals surface area (Å²) >= 11 is 0. The average molecular weight is 225 g/mol. The zero-order valence-electron chi connectivity index (χ0n) is 11.3. The second-order valence-electron chi connectivity index (χ2n) is 5.71. The van der Waals surface area contributed by atoms with Crippen molar-refractivity contribution < 1.29 is 0 Å². The molecular formula is C13H27N3. The molecule has 16 heavy (non-hydrogen) atoms. The van der Waals surface area contributed by atoms with Crippen molar-refractivity contribution in [3.63, 3.8) is 0 Å². The average Bonchev–Trinajstić information content (AvgIpc) is 2.17. The highest BCUT2D eigenvalue weighted by Gasteiger charge is 2.25. The molecule has 1 rings (SSSR count). The number of nitrogens with zero attached hydrogens (tertiary/aromatic N) is 2. The molecule has 1 saturated heterocycles.